The SMILES string of the molecule is COc1ccc(Cn2nc(C(F)(F)F)nc2-c2cn3cc(F)cnc3n2)cc1. The lowest BCUT2D eigenvalue weighted by Crippen LogP contribution is -2.09. The van der Waals surface area contributed by atoms with Crippen LogP contribution in [0.3, 0.4) is 0 Å². The second-order valence-electron chi connectivity index (χ2n) is 5.87. The van der Waals surface area contributed by atoms with Gasteiger partial charge in [-0.2, -0.15) is 13.2 Å². The molecule has 144 valence electrons. The summed E-state index contributed by atoms with van der Waals surface area (Å²) in [7, 11) is 1.51. The van der Waals surface area contributed by atoms with Crippen molar-refractivity contribution in [3.05, 3.63) is 60.1 Å². The molecule has 0 amide bonds. The Bertz CT molecular complexity index is 1130. The van der Waals surface area contributed by atoms with E-state index in [4.69, 9.17) is 4.74 Å². The number of nitrogens with zero attached hydrogens (tertiary/aromatic N) is 6. The van der Waals surface area contributed by atoms with Gasteiger partial charge in [0.05, 0.1) is 19.9 Å². The van der Waals surface area contributed by atoms with Crippen molar-refractivity contribution in [2.75, 3.05) is 7.11 Å². The van der Waals surface area contributed by atoms with Crippen LogP contribution in [0, 0.1) is 5.82 Å². The summed E-state index contributed by atoms with van der Waals surface area (Å²) >= 11 is 0. The van der Waals surface area contributed by atoms with Crippen LogP contribution in [0.25, 0.3) is 17.3 Å². The zero-order valence-electron chi connectivity index (χ0n) is 14.4. The Balaban J connectivity index is 1.78. The maximum Gasteiger partial charge on any atom is 0.453 e. The summed E-state index contributed by atoms with van der Waals surface area (Å²) in [5.74, 6) is -1.25. The quantitative estimate of drug-likeness (QED) is 0.499. The first-order valence-corrected chi connectivity index (χ1v) is 7.99. The number of benzene rings is 1. The Kier molecular flexibility index (Phi) is 4.21. The predicted octanol–water partition coefficient (Wildman–Crippen LogP) is 3.20. The van der Waals surface area contributed by atoms with Gasteiger partial charge in [0.2, 0.25) is 5.78 Å². The lowest BCUT2D eigenvalue weighted by atomic mass is 10.2. The van der Waals surface area contributed by atoms with Gasteiger partial charge in [0, 0.05) is 12.4 Å². The monoisotopic (exact) mass is 392 g/mol. The first kappa shape index (κ1) is 17.9. The molecule has 0 aliphatic heterocycles. The molecule has 0 saturated carbocycles. The van der Waals surface area contributed by atoms with Gasteiger partial charge in [-0.1, -0.05) is 12.1 Å². The number of aromatic nitrogens is 6. The summed E-state index contributed by atoms with van der Waals surface area (Å²) < 4.78 is 60.2. The smallest absolute Gasteiger partial charge is 0.453 e. The van der Waals surface area contributed by atoms with E-state index in [-0.39, 0.29) is 23.8 Å². The van der Waals surface area contributed by atoms with Crippen molar-refractivity contribution in [1.82, 2.24) is 29.1 Å². The van der Waals surface area contributed by atoms with Crippen molar-refractivity contribution in [2.45, 2.75) is 12.7 Å². The van der Waals surface area contributed by atoms with E-state index in [9.17, 15) is 17.6 Å². The molecule has 28 heavy (non-hydrogen) atoms. The van der Waals surface area contributed by atoms with Gasteiger partial charge in [-0.3, -0.25) is 4.40 Å². The van der Waals surface area contributed by atoms with Crippen LogP contribution in [0.15, 0.2) is 42.9 Å². The minimum Gasteiger partial charge on any atom is -0.497 e. The maximum atomic E-state index is 13.3. The second-order valence-corrected chi connectivity index (χ2v) is 5.87. The number of alkyl halides is 3. The molecule has 0 N–H and O–H groups in total. The molecule has 0 bridgehead atoms. The number of halogens is 4. The van der Waals surface area contributed by atoms with E-state index < -0.39 is 17.8 Å². The molecule has 0 spiro atoms. The van der Waals surface area contributed by atoms with E-state index in [2.05, 4.69) is 20.1 Å². The van der Waals surface area contributed by atoms with Crippen LogP contribution >= 0.6 is 0 Å². The summed E-state index contributed by atoms with van der Waals surface area (Å²) in [5, 5.41) is 3.59. The molecule has 0 radical (unpaired) electrons. The highest BCUT2D eigenvalue weighted by Gasteiger charge is 2.37. The van der Waals surface area contributed by atoms with Gasteiger partial charge in [-0.25, -0.2) is 24.0 Å². The highest BCUT2D eigenvalue weighted by atomic mass is 19.4. The fourth-order valence-electron chi connectivity index (χ4n) is 2.63. The predicted molar refractivity (Wildman–Crippen MR) is 89.1 cm³/mol. The molecule has 3 heterocycles. The minimum absolute atomic E-state index is 0.0259. The van der Waals surface area contributed by atoms with Crippen molar-refractivity contribution >= 4 is 5.78 Å². The van der Waals surface area contributed by atoms with Crippen molar-refractivity contribution in [3.8, 4) is 17.3 Å². The standard InChI is InChI=1S/C17H12F4N6O/c1-28-12-4-2-10(3-5-12)7-27-14(24-15(25-27)17(19,20)21)13-9-26-8-11(18)6-22-16(26)23-13/h2-6,8-9H,7H2,1H3. The Labute approximate surface area is 155 Å². The molecule has 4 aromatic rings. The summed E-state index contributed by atoms with van der Waals surface area (Å²) in [5.41, 5.74) is 0.781. The van der Waals surface area contributed by atoms with Crippen molar-refractivity contribution in [3.63, 3.8) is 0 Å². The van der Waals surface area contributed by atoms with Gasteiger partial charge in [0.1, 0.15) is 11.4 Å². The van der Waals surface area contributed by atoms with E-state index in [1.165, 1.54) is 17.7 Å². The molecule has 0 saturated heterocycles. The third-order valence-electron chi connectivity index (χ3n) is 3.92. The van der Waals surface area contributed by atoms with E-state index >= 15 is 0 Å². The number of imidazole rings is 1. The molecule has 4 rings (SSSR count). The average Bonchev–Trinajstić information content (AvgIpc) is 3.25. The number of hydrogen-bond donors (Lipinski definition) is 0. The number of methoxy groups -OCH3 is 1. The van der Waals surface area contributed by atoms with Crippen LogP contribution in [0.5, 0.6) is 5.75 Å². The largest absolute Gasteiger partial charge is 0.497 e. The van der Waals surface area contributed by atoms with Crippen LogP contribution in [0.1, 0.15) is 11.4 Å². The lowest BCUT2D eigenvalue weighted by molar-refractivity contribution is -0.144. The molecule has 11 heteroatoms. The number of rotatable bonds is 4. The van der Waals surface area contributed by atoms with Gasteiger partial charge < -0.3 is 4.74 Å². The molecule has 0 aliphatic rings. The zero-order valence-corrected chi connectivity index (χ0v) is 14.4. The normalized spacial score (nSPS) is 11.9. The summed E-state index contributed by atoms with van der Waals surface area (Å²) in [4.78, 5) is 11.5. The molecule has 3 aromatic heterocycles. The fraction of sp³-hybridized carbons (Fsp3) is 0.176. The zero-order chi connectivity index (χ0) is 19.9. The van der Waals surface area contributed by atoms with Crippen LogP contribution in [0.2, 0.25) is 0 Å². The van der Waals surface area contributed by atoms with E-state index in [1.54, 1.807) is 24.3 Å². The van der Waals surface area contributed by atoms with Gasteiger partial charge in [-0.05, 0) is 17.7 Å². The Morgan fingerprint density at radius 3 is 2.50 bits per heavy atom. The van der Waals surface area contributed by atoms with Crippen molar-refractivity contribution in [2.24, 2.45) is 0 Å². The lowest BCUT2D eigenvalue weighted by Gasteiger charge is -2.06. The Morgan fingerprint density at radius 1 is 1.07 bits per heavy atom. The Hall–Kier alpha value is -3.50. The molecule has 0 fully saturated rings. The van der Waals surface area contributed by atoms with E-state index in [0.717, 1.165) is 17.1 Å². The van der Waals surface area contributed by atoms with Crippen molar-refractivity contribution < 1.29 is 22.3 Å². The summed E-state index contributed by atoms with van der Waals surface area (Å²) in [6.07, 6.45) is -1.29. The highest BCUT2D eigenvalue weighted by Crippen LogP contribution is 2.29. The molecule has 7 nitrogen and oxygen atoms in total. The maximum absolute atomic E-state index is 13.3. The molecule has 0 unspecified atom stereocenters. The van der Waals surface area contributed by atoms with Gasteiger partial charge in [-0.15, -0.1) is 5.10 Å². The molecule has 1 aromatic carbocycles. The van der Waals surface area contributed by atoms with Crippen molar-refractivity contribution in [1.29, 1.82) is 0 Å². The fourth-order valence-corrected chi connectivity index (χ4v) is 2.63. The van der Waals surface area contributed by atoms with Gasteiger partial charge in [0.25, 0.3) is 5.82 Å². The summed E-state index contributed by atoms with van der Waals surface area (Å²) in [6, 6.07) is 6.79. The highest BCUT2D eigenvalue weighted by molar-refractivity contribution is 5.53. The molecular weight excluding hydrogens is 380 g/mol. The first-order valence-electron chi connectivity index (χ1n) is 7.99. The van der Waals surface area contributed by atoms with Gasteiger partial charge >= 0.3 is 6.18 Å². The van der Waals surface area contributed by atoms with Crippen LogP contribution in [0.4, 0.5) is 17.6 Å². The van der Waals surface area contributed by atoms with Crippen LogP contribution in [-0.2, 0) is 12.7 Å². The number of hydrogen-bond acceptors (Lipinski definition) is 5. The number of fused-ring (bicyclic) bond motifs is 1. The first-order chi connectivity index (χ1) is 13.3. The minimum atomic E-state index is -4.72. The Morgan fingerprint density at radius 2 is 1.82 bits per heavy atom. The van der Waals surface area contributed by atoms with E-state index in [0.29, 0.717) is 11.3 Å². The van der Waals surface area contributed by atoms with Gasteiger partial charge in [0.15, 0.2) is 11.6 Å². The molecular formula is C17H12F4N6O. The average molecular weight is 392 g/mol. The van der Waals surface area contributed by atoms with Crippen LogP contribution in [-0.4, -0.2) is 36.2 Å². The summed E-state index contributed by atoms with van der Waals surface area (Å²) in [6.45, 7) is 0.0259. The third kappa shape index (κ3) is 3.38. The van der Waals surface area contributed by atoms with Crippen LogP contribution < -0.4 is 4.74 Å². The third-order valence-corrected chi connectivity index (χ3v) is 3.92. The second kappa shape index (κ2) is 6.59. The van der Waals surface area contributed by atoms with E-state index in [1.807, 2.05) is 0 Å². The topological polar surface area (TPSA) is 70.1 Å². The molecule has 0 atom stereocenters. The number of ether oxygens (including phenoxy) is 1. The molecule has 0 aliphatic carbocycles.